The van der Waals surface area contributed by atoms with Gasteiger partial charge < -0.3 is 10.1 Å². The highest BCUT2D eigenvalue weighted by Gasteiger charge is 2.06. The van der Waals surface area contributed by atoms with Crippen molar-refractivity contribution in [2.45, 2.75) is 26.4 Å². The van der Waals surface area contributed by atoms with Crippen LogP contribution in [0.4, 0.5) is 10.2 Å². The SMILES string of the molecule is CNc1nc(OCc2ccc(C(C)C)cc2)ncc1F. The van der Waals surface area contributed by atoms with E-state index in [1.54, 1.807) is 7.05 Å². The molecule has 0 amide bonds. The van der Waals surface area contributed by atoms with Gasteiger partial charge in [0.25, 0.3) is 0 Å². The second-order valence-corrected chi connectivity index (χ2v) is 4.78. The van der Waals surface area contributed by atoms with E-state index in [9.17, 15) is 4.39 Å². The number of halogens is 1. The number of anilines is 1. The van der Waals surface area contributed by atoms with Crippen molar-refractivity contribution in [3.63, 3.8) is 0 Å². The minimum Gasteiger partial charge on any atom is -0.459 e. The lowest BCUT2D eigenvalue weighted by atomic mass is 10.0. The number of hydrogen-bond acceptors (Lipinski definition) is 4. The number of ether oxygens (including phenoxy) is 1. The first kappa shape index (κ1) is 14.2. The molecule has 0 spiro atoms. The van der Waals surface area contributed by atoms with E-state index in [0.717, 1.165) is 11.8 Å². The maximum atomic E-state index is 13.2. The zero-order chi connectivity index (χ0) is 14.5. The van der Waals surface area contributed by atoms with Crippen LogP contribution in [0.2, 0.25) is 0 Å². The molecule has 1 N–H and O–H groups in total. The predicted octanol–water partition coefficient (Wildman–Crippen LogP) is 3.36. The summed E-state index contributed by atoms with van der Waals surface area (Å²) < 4.78 is 18.7. The Balaban J connectivity index is 2.01. The van der Waals surface area contributed by atoms with Crippen LogP contribution < -0.4 is 10.1 Å². The molecule has 1 aromatic heterocycles. The molecule has 0 aliphatic rings. The second kappa shape index (κ2) is 6.32. The molecular formula is C15H18FN3O. The molecule has 1 heterocycles. The quantitative estimate of drug-likeness (QED) is 0.909. The van der Waals surface area contributed by atoms with Crippen molar-refractivity contribution in [2.75, 3.05) is 12.4 Å². The fourth-order valence-electron chi connectivity index (χ4n) is 1.74. The molecule has 0 radical (unpaired) electrons. The lowest BCUT2D eigenvalue weighted by Gasteiger charge is -2.08. The van der Waals surface area contributed by atoms with Crippen molar-refractivity contribution < 1.29 is 9.13 Å². The Hall–Kier alpha value is -2.17. The average Bonchev–Trinajstić information content (AvgIpc) is 2.46. The summed E-state index contributed by atoms with van der Waals surface area (Å²) >= 11 is 0. The van der Waals surface area contributed by atoms with Crippen molar-refractivity contribution >= 4 is 5.82 Å². The summed E-state index contributed by atoms with van der Waals surface area (Å²) in [5, 5.41) is 2.65. The van der Waals surface area contributed by atoms with Gasteiger partial charge in [-0.2, -0.15) is 4.98 Å². The van der Waals surface area contributed by atoms with Crippen LogP contribution in [0, 0.1) is 5.82 Å². The van der Waals surface area contributed by atoms with Gasteiger partial charge in [-0.1, -0.05) is 38.1 Å². The van der Waals surface area contributed by atoms with Crippen LogP contribution in [0.25, 0.3) is 0 Å². The maximum absolute atomic E-state index is 13.2. The van der Waals surface area contributed by atoms with Gasteiger partial charge in [-0.15, -0.1) is 0 Å². The van der Waals surface area contributed by atoms with E-state index in [-0.39, 0.29) is 11.8 Å². The molecule has 0 unspecified atom stereocenters. The van der Waals surface area contributed by atoms with Gasteiger partial charge in [-0.3, -0.25) is 0 Å². The number of benzene rings is 1. The molecule has 4 nitrogen and oxygen atoms in total. The van der Waals surface area contributed by atoms with Gasteiger partial charge in [0.2, 0.25) is 0 Å². The molecule has 0 aliphatic heterocycles. The molecule has 0 atom stereocenters. The number of nitrogens with one attached hydrogen (secondary N) is 1. The number of nitrogens with zero attached hydrogens (tertiary/aromatic N) is 2. The smallest absolute Gasteiger partial charge is 0.318 e. The Morgan fingerprint density at radius 3 is 2.55 bits per heavy atom. The molecule has 0 saturated carbocycles. The van der Waals surface area contributed by atoms with Gasteiger partial charge in [0.1, 0.15) is 6.61 Å². The normalized spacial score (nSPS) is 10.7. The van der Waals surface area contributed by atoms with E-state index >= 15 is 0 Å². The first-order valence-corrected chi connectivity index (χ1v) is 6.52. The molecule has 0 bridgehead atoms. The van der Waals surface area contributed by atoms with E-state index in [2.05, 4.69) is 41.3 Å². The van der Waals surface area contributed by atoms with Gasteiger partial charge >= 0.3 is 6.01 Å². The van der Waals surface area contributed by atoms with E-state index in [1.165, 1.54) is 5.56 Å². The van der Waals surface area contributed by atoms with Crippen LogP contribution in [0.3, 0.4) is 0 Å². The van der Waals surface area contributed by atoms with E-state index in [4.69, 9.17) is 4.74 Å². The second-order valence-electron chi connectivity index (χ2n) is 4.78. The Labute approximate surface area is 118 Å². The first-order chi connectivity index (χ1) is 9.60. The van der Waals surface area contributed by atoms with Crippen molar-refractivity contribution in [1.29, 1.82) is 0 Å². The fourth-order valence-corrected chi connectivity index (χ4v) is 1.74. The predicted molar refractivity (Wildman–Crippen MR) is 76.4 cm³/mol. The van der Waals surface area contributed by atoms with Crippen molar-refractivity contribution in [3.8, 4) is 6.01 Å². The lowest BCUT2D eigenvalue weighted by molar-refractivity contribution is 0.280. The van der Waals surface area contributed by atoms with Crippen LogP contribution in [0.15, 0.2) is 30.5 Å². The third-order valence-corrected chi connectivity index (χ3v) is 2.97. The number of hydrogen-bond donors (Lipinski definition) is 1. The standard InChI is InChI=1S/C15H18FN3O/c1-10(2)12-6-4-11(5-7-12)9-20-15-18-8-13(16)14(17-3)19-15/h4-8,10H,9H2,1-3H3,(H,17,18,19). The topological polar surface area (TPSA) is 47.0 Å². The van der Waals surface area contributed by atoms with Crippen LogP contribution in [-0.2, 0) is 6.61 Å². The van der Waals surface area contributed by atoms with Gasteiger partial charge in [-0.05, 0) is 17.0 Å². The molecule has 0 saturated heterocycles. The van der Waals surface area contributed by atoms with Crippen molar-refractivity contribution in [3.05, 3.63) is 47.4 Å². The number of aromatic nitrogens is 2. The zero-order valence-electron chi connectivity index (χ0n) is 11.9. The van der Waals surface area contributed by atoms with Gasteiger partial charge in [0.15, 0.2) is 11.6 Å². The third kappa shape index (κ3) is 3.44. The molecule has 2 aromatic rings. The first-order valence-electron chi connectivity index (χ1n) is 6.52. The summed E-state index contributed by atoms with van der Waals surface area (Å²) in [6, 6.07) is 8.33. The summed E-state index contributed by atoms with van der Waals surface area (Å²) in [6.45, 7) is 4.65. The summed E-state index contributed by atoms with van der Waals surface area (Å²) in [5.74, 6) is 0.134. The average molecular weight is 275 g/mol. The largest absolute Gasteiger partial charge is 0.459 e. The molecule has 5 heteroatoms. The Morgan fingerprint density at radius 1 is 1.25 bits per heavy atom. The summed E-state index contributed by atoms with van der Waals surface area (Å²) in [5.41, 5.74) is 2.30. The Morgan fingerprint density at radius 2 is 1.95 bits per heavy atom. The monoisotopic (exact) mass is 275 g/mol. The maximum Gasteiger partial charge on any atom is 0.318 e. The molecule has 0 aliphatic carbocycles. The fraction of sp³-hybridized carbons (Fsp3) is 0.333. The lowest BCUT2D eigenvalue weighted by Crippen LogP contribution is -2.03. The van der Waals surface area contributed by atoms with Crippen molar-refractivity contribution in [1.82, 2.24) is 9.97 Å². The molecule has 2 rings (SSSR count). The van der Waals surface area contributed by atoms with Crippen LogP contribution in [-0.4, -0.2) is 17.0 Å². The Bertz CT molecular complexity index is 570. The minimum atomic E-state index is -0.499. The van der Waals surface area contributed by atoms with Gasteiger partial charge in [0, 0.05) is 7.05 Å². The molecule has 1 aromatic carbocycles. The molecule has 106 valence electrons. The summed E-state index contributed by atoms with van der Waals surface area (Å²) in [4.78, 5) is 7.73. The van der Waals surface area contributed by atoms with Gasteiger partial charge in [0.05, 0.1) is 6.20 Å². The highest BCUT2D eigenvalue weighted by Crippen LogP contribution is 2.16. The van der Waals surface area contributed by atoms with Crippen molar-refractivity contribution in [2.24, 2.45) is 0 Å². The third-order valence-electron chi connectivity index (χ3n) is 2.97. The van der Waals surface area contributed by atoms with E-state index in [1.807, 2.05) is 12.1 Å². The Kier molecular flexibility index (Phi) is 4.50. The summed E-state index contributed by atoms with van der Waals surface area (Å²) in [6.07, 6.45) is 1.09. The van der Waals surface area contributed by atoms with Crippen LogP contribution in [0.5, 0.6) is 6.01 Å². The molecular weight excluding hydrogens is 257 g/mol. The zero-order valence-corrected chi connectivity index (χ0v) is 11.9. The van der Waals surface area contributed by atoms with E-state index < -0.39 is 5.82 Å². The van der Waals surface area contributed by atoms with E-state index in [0.29, 0.717) is 12.5 Å². The number of rotatable bonds is 5. The van der Waals surface area contributed by atoms with Gasteiger partial charge in [-0.25, -0.2) is 9.37 Å². The highest BCUT2D eigenvalue weighted by molar-refractivity contribution is 5.35. The highest BCUT2D eigenvalue weighted by atomic mass is 19.1. The van der Waals surface area contributed by atoms with Crippen LogP contribution >= 0.6 is 0 Å². The summed E-state index contributed by atoms with van der Waals surface area (Å²) in [7, 11) is 1.60. The van der Waals surface area contributed by atoms with Crippen LogP contribution in [0.1, 0.15) is 30.9 Å². The minimum absolute atomic E-state index is 0.130. The molecule has 20 heavy (non-hydrogen) atoms. The molecule has 0 fully saturated rings.